The molecule has 6 rings (SSSR count). The number of amides is 1. The molecule has 2 aliphatic heterocycles. The van der Waals surface area contributed by atoms with E-state index in [0.29, 0.717) is 34.2 Å². The lowest BCUT2D eigenvalue weighted by atomic mass is 10.1. The van der Waals surface area contributed by atoms with E-state index in [2.05, 4.69) is 56.3 Å². The Morgan fingerprint density at radius 1 is 1.11 bits per heavy atom. The summed E-state index contributed by atoms with van der Waals surface area (Å²) in [7, 11) is 1.19. The minimum atomic E-state index is -4.06. The average molecular weight is 714 g/mol. The molecule has 46 heavy (non-hydrogen) atoms. The lowest BCUT2D eigenvalue weighted by Crippen LogP contribution is -2.28. The molecule has 0 saturated carbocycles. The van der Waals surface area contributed by atoms with Gasteiger partial charge in [0.1, 0.15) is 41.9 Å². The number of hydrogen-bond acceptors (Lipinski definition) is 15. The average Bonchev–Trinajstić information content (AvgIpc) is 3.80. The van der Waals surface area contributed by atoms with Crippen LogP contribution in [-0.4, -0.2) is 79.1 Å². The van der Waals surface area contributed by atoms with Gasteiger partial charge in [-0.05, 0) is 17.7 Å². The van der Waals surface area contributed by atoms with Crippen molar-refractivity contribution in [1.82, 2.24) is 34.5 Å². The maximum atomic E-state index is 13.5. The van der Waals surface area contributed by atoms with Crippen molar-refractivity contribution in [2.75, 3.05) is 26.1 Å². The lowest BCUT2D eigenvalue weighted by Gasteiger charge is -2.23. The largest absolute Gasteiger partial charge is 0.386 e. The van der Waals surface area contributed by atoms with Gasteiger partial charge in [0.05, 0.1) is 30.6 Å². The van der Waals surface area contributed by atoms with E-state index in [1.807, 2.05) is 0 Å². The Hall–Kier alpha value is -2.90. The monoisotopic (exact) mass is 713 g/mol. The number of aromatic nitrogens is 7. The van der Waals surface area contributed by atoms with Crippen molar-refractivity contribution in [1.29, 1.82) is 0 Å². The van der Waals surface area contributed by atoms with E-state index >= 15 is 0 Å². The number of nitrogen functional groups attached to an aromatic ring is 1. The molecule has 0 aliphatic carbocycles. The molecule has 18 nitrogen and oxygen atoms in total. The highest BCUT2D eigenvalue weighted by molar-refractivity contribution is 8.44. The van der Waals surface area contributed by atoms with Gasteiger partial charge in [-0.25, -0.2) is 28.8 Å². The second-order valence-electron chi connectivity index (χ2n) is 10.3. The molecule has 2 unspecified atom stereocenters. The van der Waals surface area contributed by atoms with Crippen molar-refractivity contribution in [2.45, 2.75) is 43.6 Å². The highest BCUT2D eigenvalue weighted by atomic mass is 32.7. The van der Waals surface area contributed by atoms with Gasteiger partial charge in [0.15, 0.2) is 17.7 Å². The molecule has 1 amide bonds. The number of carbonyl (C=O) groups is 1. The first kappa shape index (κ1) is 33.0. The number of nitrogens with two attached hydrogens (primary N) is 2. The zero-order chi connectivity index (χ0) is 32.8. The summed E-state index contributed by atoms with van der Waals surface area (Å²) >= 11 is 8.09. The zero-order valence-electron chi connectivity index (χ0n) is 24.1. The fourth-order valence-electron chi connectivity index (χ4n) is 5.16. The molecule has 1 aromatic carbocycles. The number of anilines is 1. The Kier molecular flexibility index (Phi) is 9.30. The highest BCUT2D eigenvalue weighted by Crippen LogP contribution is 2.57. The third-order valence-corrected chi connectivity index (χ3v) is 10.8. The molecule has 7 atom stereocenters. The van der Waals surface area contributed by atoms with Crippen LogP contribution in [0.4, 0.5) is 5.82 Å². The number of nitrogens with zero attached hydrogens (tertiary/aromatic N) is 7. The number of thiol groups is 2. The second kappa shape index (κ2) is 13.0. The molecule has 246 valence electrons. The topological polar surface area (TPSA) is 233 Å². The Morgan fingerprint density at radius 3 is 2.65 bits per heavy atom. The molecule has 0 bridgehead atoms. The first-order chi connectivity index (χ1) is 21.9. The van der Waals surface area contributed by atoms with Crippen molar-refractivity contribution < 1.29 is 41.5 Å². The minimum Gasteiger partial charge on any atom is -0.382 e. The quantitative estimate of drug-likeness (QED) is 0.0938. The molecule has 4 aromatic rings. The van der Waals surface area contributed by atoms with Gasteiger partial charge in [-0.15, -0.1) is 5.10 Å². The molecule has 2 aliphatic rings. The van der Waals surface area contributed by atoms with Crippen molar-refractivity contribution in [3.63, 3.8) is 0 Å². The first-order valence-corrected chi connectivity index (χ1v) is 19.0. The number of benzene rings is 1. The number of imidazole rings is 1. The maximum absolute atomic E-state index is 13.5. The second-order valence-corrected chi connectivity index (χ2v) is 16.2. The summed E-state index contributed by atoms with van der Waals surface area (Å²) in [6, 6.07) is 4.96. The van der Waals surface area contributed by atoms with Crippen molar-refractivity contribution in [3.05, 3.63) is 48.6 Å². The number of hydrogen-bond donors (Lipinski definition) is 4. The Morgan fingerprint density at radius 2 is 1.89 bits per heavy atom. The minimum absolute atomic E-state index is 0.128. The van der Waals surface area contributed by atoms with Crippen LogP contribution in [0.3, 0.4) is 0 Å². The van der Waals surface area contributed by atoms with Gasteiger partial charge in [-0.2, -0.15) is 0 Å². The van der Waals surface area contributed by atoms with Crippen molar-refractivity contribution in [3.8, 4) is 0 Å². The Balaban J connectivity index is 1.14. The number of rotatable bonds is 12. The molecular weight excluding hydrogens is 684 g/mol. The van der Waals surface area contributed by atoms with Gasteiger partial charge < -0.3 is 25.5 Å². The molecule has 2 saturated heterocycles. The lowest BCUT2D eigenvalue weighted by molar-refractivity contribution is -0.0391. The van der Waals surface area contributed by atoms with E-state index in [1.54, 1.807) is 22.8 Å². The molecule has 0 radical (unpaired) electrons. The SMILES string of the molecule is C=C1C[C@H](n2nnc3c(C(N)=O)cccc32)O[C@@H]1COP(=O)(S)O[C@H]1C[C@H](n2cnc3c(N)ncnc32)O[C@@H]1COP(=O)(S)OC. The molecular formula is C24H29N9O9P2S2. The predicted octanol–water partition coefficient (Wildman–Crippen LogP) is 3.22. The molecule has 0 spiro atoms. The van der Waals surface area contributed by atoms with Gasteiger partial charge in [-0.3, -0.25) is 22.9 Å². The number of primary amides is 1. The van der Waals surface area contributed by atoms with Crippen LogP contribution in [0, 0.1) is 0 Å². The summed E-state index contributed by atoms with van der Waals surface area (Å²) in [5.74, 6) is -0.447. The van der Waals surface area contributed by atoms with E-state index in [0.717, 1.165) is 0 Å². The van der Waals surface area contributed by atoms with Crippen LogP contribution < -0.4 is 11.5 Å². The van der Waals surface area contributed by atoms with E-state index in [4.69, 9.17) is 39.0 Å². The number of ether oxygens (including phenoxy) is 2. The van der Waals surface area contributed by atoms with Gasteiger partial charge in [0.2, 0.25) is 0 Å². The van der Waals surface area contributed by atoms with Gasteiger partial charge in [-0.1, -0.05) is 42.4 Å². The molecule has 2 fully saturated rings. The fourth-order valence-corrected chi connectivity index (χ4v) is 7.31. The normalized spacial score (nSPS) is 26.1. The van der Waals surface area contributed by atoms with Crippen LogP contribution in [0.2, 0.25) is 0 Å². The van der Waals surface area contributed by atoms with Gasteiger partial charge >= 0.3 is 13.6 Å². The maximum Gasteiger partial charge on any atom is 0.386 e. The number of fused-ring (bicyclic) bond motifs is 2. The van der Waals surface area contributed by atoms with E-state index in [9.17, 15) is 13.9 Å². The van der Waals surface area contributed by atoms with E-state index in [-0.39, 0.29) is 31.0 Å². The predicted molar refractivity (Wildman–Crippen MR) is 169 cm³/mol. The van der Waals surface area contributed by atoms with Gasteiger partial charge in [0, 0.05) is 20.0 Å². The molecule has 22 heteroatoms. The third-order valence-electron chi connectivity index (χ3n) is 7.42. The smallest absolute Gasteiger partial charge is 0.382 e. The summed E-state index contributed by atoms with van der Waals surface area (Å²) in [6.45, 7) is -4.21. The summed E-state index contributed by atoms with van der Waals surface area (Å²) in [4.78, 5) is 24.2. The van der Waals surface area contributed by atoms with Crippen LogP contribution in [-0.2, 0) is 36.7 Å². The van der Waals surface area contributed by atoms with Gasteiger partial charge in [0.25, 0.3) is 5.91 Å². The molecule has 5 heterocycles. The van der Waals surface area contributed by atoms with Crippen molar-refractivity contribution >= 4 is 72.0 Å². The van der Waals surface area contributed by atoms with Crippen LogP contribution in [0.15, 0.2) is 43.0 Å². The van der Waals surface area contributed by atoms with Crippen LogP contribution in [0.1, 0.15) is 35.7 Å². The van der Waals surface area contributed by atoms with Crippen LogP contribution >= 0.6 is 38.1 Å². The Labute approximate surface area is 271 Å². The highest BCUT2D eigenvalue weighted by Gasteiger charge is 2.43. The number of carbonyl (C=O) groups excluding carboxylic acids is 1. The standard InChI is InChI=1S/C24H29N9O9P2S2/c1-12-6-19(33-14-5-3-4-13(23(26)34)20(14)30-31-33)40-16(12)8-39-44(36,46)42-15-7-18(41-17(15)9-38-43(35,45)37-2)32-11-29-21-22(25)27-10-28-24(21)32/h3-5,10-11,15-19H,1,6-9H2,2H3,(H2,26,34)(H,35,45)(H,36,46)(H2,25,27,28)/t15-,16+,17+,18+,19+,43?,44?/m0/s1. The fraction of sp³-hybridized carbons (Fsp3) is 0.417. The Bertz CT molecular complexity index is 1910. The first-order valence-electron chi connectivity index (χ1n) is 13.6. The summed E-state index contributed by atoms with van der Waals surface area (Å²) in [5.41, 5.74) is 13.9. The summed E-state index contributed by atoms with van der Waals surface area (Å²) < 4.78 is 62.7. The molecule has 4 N–H and O–H groups in total. The third kappa shape index (κ3) is 6.73. The molecule has 3 aromatic heterocycles. The summed E-state index contributed by atoms with van der Waals surface area (Å²) in [6.07, 6.45) is -0.633. The van der Waals surface area contributed by atoms with Crippen LogP contribution in [0.5, 0.6) is 0 Å². The summed E-state index contributed by atoms with van der Waals surface area (Å²) in [5, 5.41) is 8.23. The van der Waals surface area contributed by atoms with Crippen LogP contribution in [0.25, 0.3) is 22.2 Å². The van der Waals surface area contributed by atoms with E-state index < -0.39 is 50.3 Å². The van der Waals surface area contributed by atoms with Crippen molar-refractivity contribution in [2.24, 2.45) is 5.73 Å². The zero-order valence-corrected chi connectivity index (χ0v) is 27.6. The van der Waals surface area contributed by atoms with E-state index in [1.165, 1.54) is 24.4 Å².